The van der Waals surface area contributed by atoms with Crippen molar-refractivity contribution in [2.75, 3.05) is 0 Å². The van der Waals surface area contributed by atoms with E-state index in [4.69, 9.17) is 5.14 Å². The number of halogens is 1. The van der Waals surface area contributed by atoms with Crippen LogP contribution < -0.4 is 5.14 Å². The average molecular weight is 449 g/mol. The van der Waals surface area contributed by atoms with Crippen molar-refractivity contribution in [1.82, 2.24) is 0 Å². The summed E-state index contributed by atoms with van der Waals surface area (Å²) >= 11 is 2.30. The van der Waals surface area contributed by atoms with Crippen LogP contribution in [0, 0.1) is 8.99 Å². The fraction of sp³-hybridized carbons (Fsp3) is 0.158. The Morgan fingerprint density at radius 2 is 1.29 bits per heavy atom. The van der Waals surface area contributed by atoms with Crippen molar-refractivity contribution in [2.45, 2.75) is 17.7 Å². The van der Waals surface area contributed by atoms with Crippen LogP contribution in [-0.2, 0) is 10.0 Å². The second kappa shape index (κ2) is 5.54. The lowest BCUT2D eigenvalue weighted by Crippen LogP contribution is -2.11. The van der Waals surface area contributed by atoms with E-state index in [0.717, 1.165) is 5.56 Å². The molecule has 0 radical (unpaired) electrons. The summed E-state index contributed by atoms with van der Waals surface area (Å²) in [6.07, 6.45) is 7.05. The first-order chi connectivity index (χ1) is 11.4. The van der Waals surface area contributed by atoms with Crippen molar-refractivity contribution in [2.24, 2.45) is 10.6 Å². The minimum absolute atomic E-state index is 0.144. The Balaban J connectivity index is 1.76. The third-order valence-corrected chi connectivity index (χ3v) is 6.28. The van der Waals surface area contributed by atoms with Gasteiger partial charge in [0.15, 0.2) is 0 Å². The van der Waals surface area contributed by atoms with Gasteiger partial charge < -0.3 is 0 Å². The van der Waals surface area contributed by atoms with E-state index in [2.05, 4.69) is 59.0 Å². The predicted molar refractivity (Wildman–Crippen MR) is 105 cm³/mol. The maximum atomic E-state index is 11.4. The van der Waals surface area contributed by atoms with Crippen LogP contribution in [0.5, 0.6) is 0 Å². The normalized spacial score (nSPS) is 18.4. The molecule has 2 aliphatic rings. The van der Waals surface area contributed by atoms with Crippen LogP contribution in [-0.4, -0.2) is 8.42 Å². The molecule has 1 fully saturated rings. The highest BCUT2D eigenvalue weighted by atomic mass is 127. The summed E-state index contributed by atoms with van der Waals surface area (Å²) in [4.78, 5) is 0.144. The average Bonchev–Trinajstić information content (AvgIpc) is 3.19. The second-order valence-corrected chi connectivity index (χ2v) is 9.23. The maximum absolute atomic E-state index is 11.4. The zero-order chi connectivity index (χ0) is 16.9. The van der Waals surface area contributed by atoms with Crippen LogP contribution in [0.25, 0.3) is 11.1 Å². The molecule has 2 aromatic rings. The van der Waals surface area contributed by atoms with Gasteiger partial charge in [0.25, 0.3) is 0 Å². The summed E-state index contributed by atoms with van der Waals surface area (Å²) in [5.74, 6) is 0. The van der Waals surface area contributed by atoms with E-state index >= 15 is 0 Å². The number of sulfonamides is 1. The van der Waals surface area contributed by atoms with Crippen LogP contribution in [0.15, 0.2) is 65.6 Å². The fourth-order valence-corrected chi connectivity index (χ4v) is 4.01. The fourth-order valence-electron chi connectivity index (χ4n) is 3.14. The van der Waals surface area contributed by atoms with Crippen LogP contribution in [0.2, 0.25) is 0 Å². The zero-order valence-corrected chi connectivity index (χ0v) is 15.8. The van der Waals surface area contributed by atoms with Gasteiger partial charge in [0.1, 0.15) is 0 Å². The van der Waals surface area contributed by atoms with Gasteiger partial charge in [-0.05, 0) is 82.0 Å². The zero-order valence-electron chi connectivity index (χ0n) is 12.9. The molecule has 2 N–H and O–H groups in total. The van der Waals surface area contributed by atoms with E-state index in [9.17, 15) is 8.42 Å². The molecule has 0 atom stereocenters. The first kappa shape index (κ1) is 16.1. The molecule has 0 saturated heterocycles. The van der Waals surface area contributed by atoms with E-state index in [1.807, 2.05) is 12.1 Å². The van der Waals surface area contributed by atoms with Gasteiger partial charge in [0.05, 0.1) is 4.90 Å². The van der Waals surface area contributed by atoms with Crippen molar-refractivity contribution in [3.8, 4) is 0 Å². The Kier molecular flexibility index (Phi) is 3.71. The topological polar surface area (TPSA) is 60.2 Å². The predicted octanol–water partition coefficient (Wildman–Crippen LogP) is 4.20. The van der Waals surface area contributed by atoms with Gasteiger partial charge in [-0.1, -0.05) is 36.4 Å². The molecule has 0 heterocycles. The number of hydrogen-bond donors (Lipinski definition) is 1. The third-order valence-electron chi connectivity index (χ3n) is 4.63. The number of hydrogen-bond acceptors (Lipinski definition) is 2. The van der Waals surface area contributed by atoms with Crippen molar-refractivity contribution < 1.29 is 8.42 Å². The molecule has 4 rings (SSSR count). The lowest BCUT2D eigenvalue weighted by Gasteiger charge is -2.10. The largest absolute Gasteiger partial charge is 0.238 e. The molecule has 0 aliphatic heterocycles. The molecule has 1 saturated carbocycles. The molecular weight excluding hydrogens is 433 g/mol. The molecule has 2 aromatic carbocycles. The monoisotopic (exact) mass is 449 g/mol. The molecule has 0 aromatic heterocycles. The summed E-state index contributed by atoms with van der Waals surface area (Å²) in [6, 6.07) is 15.3. The Bertz CT molecular complexity index is 967. The van der Waals surface area contributed by atoms with Crippen molar-refractivity contribution >= 4 is 43.8 Å². The highest BCUT2D eigenvalue weighted by Gasteiger charge is 2.43. The molecule has 0 amide bonds. The van der Waals surface area contributed by atoms with Crippen LogP contribution in [0.4, 0.5) is 0 Å². The van der Waals surface area contributed by atoms with Crippen LogP contribution in [0.1, 0.15) is 24.0 Å². The summed E-state index contributed by atoms with van der Waals surface area (Å²) in [7, 11) is -3.66. The Labute approximate surface area is 155 Å². The van der Waals surface area contributed by atoms with E-state index in [1.165, 1.54) is 33.1 Å². The minimum atomic E-state index is -3.66. The molecule has 0 unspecified atom stereocenters. The van der Waals surface area contributed by atoms with E-state index < -0.39 is 10.0 Å². The number of nitrogens with two attached hydrogens (primary N) is 1. The Morgan fingerprint density at radius 1 is 0.833 bits per heavy atom. The molecule has 2 aliphatic carbocycles. The minimum Gasteiger partial charge on any atom is -0.225 e. The lowest BCUT2D eigenvalue weighted by atomic mass is 9.95. The molecule has 1 spiro atoms. The Hall–Kier alpha value is -1.44. The van der Waals surface area contributed by atoms with Gasteiger partial charge >= 0.3 is 0 Å². The van der Waals surface area contributed by atoms with E-state index in [1.54, 1.807) is 12.1 Å². The summed E-state index contributed by atoms with van der Waals surface area (Å²) in [5, 5.41) is 5.19. The number of allylic oxidation sites excluding steroid dienone is 4. The van der Waals surface area contributed by atoms with E-state index in [-0.39, 0.29) is 10.3 Å². The number of benzene rings is 2. The second-order valence-electron chi connectivity index (χ2n) is 6.43. The number of rotatable bonds is 3. The van der Waals surface area contributed by atoms with Gasteiger partial charge in [-0.3, -0.25) is 0 Å². The molecular formula is C19H16INO2S. The molecule has 5 heteroatoms. The first-order valence-corrected chi connectivity index (χ1v) is 10.3. The molecule has 0 bridgehead atoms. The summed E-state index contributed by atoms with van der Waals surface area (Å²) in [6.45, 7) is 0. The number of primary sulfonamides is 1. The quantitative estimate of drug-likeness (QED) is 0.715. The molecule has 122 valence electrons. The lowest BCUT2D eigenvalue weighted by molar-refractivity contribution is 0.598. The van der Waals surface area contributed by atoms with Gasteiger partial charge in [-0.2, -0.15) is 0 Å². The third kappa shape index (κ3) is 2.96. The first-order valence-electron chi connectivity index (χ1n) is 7.72. The summed E-state index contributed by atoms with van der Waals surface area (Å²) < 4.78 is 24.1. The smallest absolute Gasteiger partial charge is 0.225 e. The highest BCUT2D eigenvalue weighted by Crippen LogP contribution is 2.57. The maximum Gasteiger partial charge on any atom is 0.238 e. The van der Waals surface area contributed by atoms with Gasteiger partial charge in [0.2, 0.25) is 10.0 Å². The molecule has 3 nitrogen and oxygen atoms in total. The highest BCUT2D eigenvalue weighted by molar-refractivity contribution is 14.1. The molecule has 24 heavy (non-hydrogen) atoms. The van der Waals surface area contributed by atoms with Crippen LogP contribution >= 0.6 is 22.6 Å². The van der Waals surface area contributed by atoms with Gasteiger partial charge in [-0.15, -0.1) is 0 Å². The van der Waals surface area contributed by atoms with Crippen molar-refractivity contribution in [3.63, 3.8) is 0 Å². The van der Waals surface area contributed by atoms with Crippen molar-refractivity contribution in [3.05, 3.63) is 75.4 Å². The van der Waals surface area contributed by atoms with Gasteiger partial charge in [-0.25, -0.2) is 13.6 Å². The van der Waals surface area contributed by atoms with E-state index in [0.29, 0.717) is 0 Å². The SMILES string of the molecule is NS(=O)(=O)c1ccc(C2=CC3(C=C2c2ccc(I)cc2)CC3)cc1. The van der Waals surface area contributed by atoms with Gasteiger partial charge in [0, 0.05) is 8.99 Å². The van der Waals surface area contributed by atoms with Crippen LogP contribution in [0.3, 0.4) is 0 Å². The van der Waals surface area contributed by atoms with Crippen molar-refractivity contribution in [1.29, 1.82) is 0 Å². The standard InChI is InChI=1S/C19H16INO2S/c20-15-5-1-13(2-6-15)17-11-19(9-10-19)12-18(17)14-3-7-16(8-4-14)24(21,22)23/h1-8,11-12H,9-10H2,(H2,21,22,23). The summed E-state index contributed by atoms with van der Waals surface area (Å²) in [5.41, 5.74) is 4.82. The Morgan fingerprint density at radius 3 is 1.71 bits per heavy atom.